The van der Waals surface area contributed by atoms with E-state index in [4.69, 9.17) is 5.73 Å². The average molecular weight is 408 g/mol. The molecule has 1 saturated heterocycles. The van der Waals surface area contributed by atoms with Gasteiger partial charge in [0.2, 0.25) is 11.8 Å². The van der Waals surface area contributed by atoms with Gasteiger partial charge in [-0.15, -0.1) is 0 Å². The van der Waals surface area contributed by atoms with Crippen molar-refractivity contribution in [3.05, 3.63) is 34.9 Å². The summed E-state index contributed by atoms with van der Waals surface area (Å²) < 4.78 is 23.2. The minimum atomic E-state index is -3.23. The van der Waals surface area contributed by atoms with Crippen molar-refractivity contribution < 1.29 is 22.8 Å². The van der Waals surface area contributed by atoms with Crippen molar-refractivity contribution in [2.24, 2.45) is 5.73 Å². The third-order valence-electron chi connectivity index (χ3n) is 5.16. The molecule has 0 bridgehead atoms. The highest BCUT2D eigenvalue weighted by molar-refractivity contribution is 7.91. The smallest absolute Gasteiger partial charge is 0.255 e. The van der Waals surface area contributed by atoms with Crippen LogP contribution in [0.15, 0.2) is 18.2 Å². The van der Waals surface area contributed by atoms with Gasteiger partial charge in [-0.25, -0.2) is 8.42 Å². The Bertz CT molecular complexity index is 915. The Morgan fingerprint density at radius 2 is 2.07 bits per heavy atom. The van der Waals surface area contributed by atoms with E-state index in [0.717, 1.165) is 17.4 Å². The molecular weight excluding hydrogens is 384 g/mol. The van der Waals surface area contributed by atoms with Gasteiger partial charge in [-0.05, 0) is 23.6 Å². The van der Waals surface area contributed by atoms with Crippen molar-refractivity contribution in [3.8, 4) is 0 Å². The molecular formula is C18H24N4O5S. The molecule has 0 radical (unpaired) electrons. The van der Waals surface area contributed by atoms with Gasteiger partial charge in [-0.2, -0.15) is 0 Å². The van der Waals surface area contributed by atoms with Gasteiger partial charge in [-0.3, -0.25) is 19.7 Å². The standard InChI is InChI=1S/C18H24N4O5S/c1-28(26,27)13(7-19)9-20-8-11-2-3-12-10-22(18(25)14(12)6-11)15-4-5-16(23)21-17(15)24/h2-3,6,13,15,20H,4-5,7-10,19H2,1H3,(H,21,23,24). The molecule has 2 heterocycles. The molecule has 3 amide bonds. The molecule has 2 unspecified atom stereocenters. The zero-order chi connectivity index (χ0) is 20.5. The molecule has 2 atom stereocenters. The van der Waals surface area contributed by atoms with Crippen LogP contribution in [-0.4, -0.2) is 61.7 Å². The SMILES string of the molecule is CS(=O)(=O)C(CN)CNCc1ccc2c(c1)C(=O)N(C1CCC(=O)NC1=O)C2. The lowest BCUT2D eigenvalue weighted by Gasteiger charge is -2.29. The normalized spacial score (nSPS) is 20.9. The number of carbonyl (C=O) groups excluding carboxylic acids is 3. The molecule has 9 nitrogen and oxygen atoms in total. The lowest BCUT2D eigenvalue weighted by Crippen LogP contribution is -2.52. The second kappa shape index (κ2) is 7.98. The van der Waals surface area contributed by atoms with Gasteiger partial charge in [-0.1, -0.05) is 12.1 Å². The second-order valence-electron chi connectivity index (χ2n) is 7.21. The van der Waals surface area contributed by atoms with Gasteiger partial charge in [0.15, 0.2) is 9.84 Å². The van der Waals surface area contributed by atoms with Gasteiger partial charge in [0, 0.05) is 44.4 Å². The number of sulfone groups is 1. The summed E-state index contributed by atoms with van der Waals surface area (Å²) >= 11 is 0. The monoisotopic (exact) mass is 408 g/mol. The van der Waals surface area contributed by atoms with Crippen molar-refractivity contribution >= 4 is 27.6 Å². The van der Waals surface area contributed by atoms with Crippen molar-refractivity contribution in [2.45, 2.75) is 37.2 Å². The molecule has 1 fully saturated rings. The van der Waals surface area contributed by atoms with Crippen molar-refractivity contribution in [3.63, 3.8) is 0 Å². The minimum Gasteiger partial charge on any atom is -0.329 e. The van der Waals surface area contributed by atoms with E-state index in [-0.39, 0.29) is 31.3 Å². The molecule has 0 aliphatic carbocycles. The average Bonchev–Trinajstić information content (AvgIpc) is 2.94. The van der Waals surface area contributed by atoms with E-state index in [1.807, 2.05) is 12.1 Å². The minimum absolute atomic E-state index is 0.0371. The number of piperidine rings is 1. The van der Waals surface area contributed by atoms with Crippen LogP contribution in [0.4, 0.5) is 0 Å². The molecule has 1 aromatic rings. The van der Waals surface area contributed by atoms with E-state index in [9.17, 15) is 22.8 Å². The predicted octanol–water partition coefficient (Wildman–Crippen LogP) is -1.09. The fourth-order valence-corrected chi connectivity index (χ4v) is 4.27. The maximum Gasteiger partial charge on any atom is 0.255 e. The van der Waals surface area contributed by atoms with Crippen molar-refractivity contribution in [2.75, 3.05) is 19.3 Å². The van der Waals surface area contributed by atoms with Gasteiger partial charge in [0.25, 0.3) is 5.91 Å². The van der Waals surface area contributed by atoms with Gasteiger partial charge in [0.1, 0.15) is 6.04 Å². The molecule has 28 heavy (non-hydrogen) atoms. The van der Waals surface area contributed by atoms with Crippen LogP contribution in [0.1, 0.15) is 34.3 Å². The van der Waals surface area contributed by atoms with Crippen LogP contribution in [-0.2, 0) is 32.5 Å². The van der Waals surface area contributed by atoms with E-state index < -0.39 is 27.0 Å². The molecule has 2 aliphatic rings. The highest BCUT2D eigenvalue weighted by Crippen LogP contribution is 2.28. The molecule has 2 aliphatic heterocycles. The first-order valence-corrected chi connectivity index (χ1v) is 11.0. The number of imide groups is 1. The third-order valence-corrected chi connectivity index (χ3v) is 6.73. The van der Waals surface area contributed by atoms with Crippen molar-refractivity contribution in [1.29, 1.82) is 0 Å². The Balaban J connectivity index is 1.65. The summed E-state index contributed by atoms with van der Waals surface area (Å²) in [6, 6.07) is 4.83. The number of rotatable bonds is 7. The van der Waals surface area contributed by atoms with Crippen LogP contribution in [0.25, 0.3) is 0 Å². The van der Waals surface area contributed by atoms with E-state index in [1.54, 1.807) is 6.07 Å². The predicted molar refractivity (Wildman–Crippen MR) is 102 cm³/mol. The Morgan fingerprint density at radius 1 is 1.32 bits per heavy atom. The third kappa shape index (κ3) is 4.23. The highest BCUT2D eigenvalue weighted by atomic mass is 32.2. The van der Waals surface area contributed by atoms with Gasteiger partial charge in [0.05, 0.1) is 5.25 Å². The summed E-state index contributed by atoms with van der Waals surface area (Å²) in [4.78, 5) is 37.7. The first-order valence-electron chi connectivity index (χ1n) is 9.07. The lowest BCUT2D eigenvalue weighted by atomic mass is 10.0. The highest BCUT2D eigenvalue weighted by Gasteiger charge is 2.39. The molecule has 10 heteroatoms. The molecule has 1 aromatic carbocycles. The Morgan fingerprint density at radius 3 is 2.71 bits per heavy atom. The zero-order valence-electron chi connectivity index (χ0n) is 15.6. The molecule has 3 rings (SSSR count). The van der Waals surface area contributed by atoms with Crippen LogP contribution >= 0.6 is 0 Å². The molecule has 0 saturated carbocycles. The van der Waals surface area contributed by atoms with Gasteiger partial charge >= 0.3 is 0 Å². The van der Waals surface area contributed by atoms with E-state index >= 15 is 0 Å². The summed E-state index contributed by atoms with van der Waals surface area (Å²) in [6.45, 7) is 0.987. The molecule has 0 aromatic heterocycles. The van der Waals surface area contributed by atoms with Crippen LogP contribution in [0.5, 0.6) is 0 Å². The fourth-order valence-electron chi connectivity index (χ4n) is 3.50. The summed E-state index contributed by atoms with van der Waals surface area (Å²) in [5, 5.41) is 4.69. The Labute approximate surface area is 163 Å². The Kier molecular flexibility index (Phi) is 5.82. The Hall–Kier alpha value is -2.30. The first kappa shape index (κ1) is 20.4. The van der Waals surface area contributed by atoms with Crippen LogP contribution < -0.4 is 16.4 Å². The maximum absolute atomic E-state index is 12.8. The quantitative estimate of drug-likeness (QED) is 0.487. The molecule has 0 spiro atoms. The number of hydrogen-bond acceptors (Lipinski definition) is 7. The fraction of sp³-hybridized carbons (Fsp3) is 0.500. The van der Waals surface area contributed by atoms with Crippen LogP contribution in [0.3, 0.4) is 0 Å². The topological polar surface area (TPSA) is 139 Å². The van der Waals surface area contributed by atoms with Crippen LogP contribution in [0, 0.1) is 0 Å². The zero-order valence-corrected chi connectivity index (χ0v) is 16.4. The van der Waals surface area contributed by atoms with Crippen LogP contribution in [0.2, 0.25) is 0 Å². The second-order valence-corrected chi connectivity index (χ2v) is 9.54. The van der Waals surface area contributed by atoms with E-state index in [2.05, 4.69) is 10.6 Å². The largest absolute Gasteiger partial charge is 0.329 e. The summed E-state index contributed by atoms with van der Waals surface area (Å²) in [5.41, 5.74) is 7.71. The number of carbonyl (C=O) groups is 3. The molecule has 152 valence electrons. The summed E-state index contributed by atoms with van der Waals surface area (Å²) in [7, 11) is -3.23. The number of fused-ring (bicyclic) bond motifs is 1. The van der Waals surface area contributed by atoms with Crippen molar-refractivity contribution in [1.82, 2.24) is 15.5 Å². The summed E-state index contributed by atoms with van der Waals surface area (Å²) in [6.07, 6.45) is 1.70. The number of amides is 3. The molecule has 4 N–H and O–H groups in total. The summed E-state index contributed by atoms with van der Waals surface area (Å²) in [5.74, 6) is -0.987. The number of hydrogen-bond donors (Lipinski definition) is 3. The number of benzene rings is 1. The lowest BCUT2D eigenvalue weighted by molar-refractivity contribution is -0.136. The first-order chi connectivity index (χ1) is 13.2. The maximum atomic E-state index is 12.8. The number of nitrogens with one attached hydrogen (secondary N) is 2. The van der Waals surface area contributed by atoms with Gasteiger partial charge < -0.3 is 16.0 Å². The van der Waals surface area contributed by atoms with E-state index in [1.165, 1.54) is 4.90 Å². The number of nitrogens with two attached hydrogens (primary N) is 1. The van der Waals surface area contributed by atoms with E-state index in [0.29, 0.717) is 25.1 Å². The number of nitrogens with zero attached hydrogens (tertiary/aromatic N) is 1.